The smallest absolute Gasteiger partial charge is 0.349 e. The number of nitrogen functional groups attached to an aromatic ring is 1. The zero-order valence-electron chi connectivity index (χ0n) is 23.3. The second kappa shape index (κ2) is 11.9. The molecular formula is C27H30F6N10. The zero-order valence-corrected chi connectivity index (χ0v) is 23.3. The maximum Gasteiger partial charge on any atom is 0.417 e. The van der Waals surface area contributed by atoms with E-state index in [0.717, 1.165) is 24.4 Å². The number of hydrazine groups is 1. The molecule has 230 valence electrons. The summed E-state index contributed by atoms with van der Waals surface area (Å²) in [6.45, 7) is 4.48. The molecule has 0 radical (unpaired) electrons. The SMILES string of the molecule is CNCCn1cnc2c(N3CCN(C(c4ccc(C(F)(F)F)cc4)c4ccc(C(F)(F)F)cn4)CC3C)nc(NN)nc21. The van der Waals surface area contributed by atoms with E-state index < -0.39 is 29.5 Å². The van der Waals surface area contributed by atoms with E-state index in [0.29, 0.717) is 55.3 Å². The molecule has 4 aromatic rings. The van der Waals surface area contributed by atoms with Gasteiger partial charge in [-0.15, -0.1) is 0 Å². The monoisotopic (exact) mass is 608 g/mol. The van der Waals surface area contributed by atoms with Gasteiger partial charge in [-0.2, -0.15) is 36.3 Å². The lowest BCUT2D eigenvalue weighted by atomic mass is 9.97. The number of rotatable bonds is 8. The Bertz CT molecular complexity index is 1480. The Morgan fingerprint density at radius 1 is 0.953 bits per heavy atom. The molecular weight excluding hydrogens is 578 g/mol. The fourth-order valence-electron chi connectivity index (χ4n) is 5.28. The maximum absolute atomic E-state index is 13.3. The zero-order chi connectivity index (χ0) is 30.9. The molecule has 16 heteroatoms. The molecule has 5 rings (SSSR count). The van der Waals surface area contributed by atoms with Crippen LogP contribution in [0.3, 0.4) is 0 Å². The number of hydrogen-bond donors (Lipinski definition) is 3. The molecule has 4 N–H and O–H groups in total. The van der Waals surface area contributed by atoms with Crippen LogP contribution in [-0.4, -0.2) is 68.7 Å². The second-order valence-corrected chi connectivity index (χ2v) is 10.3. The highest BCUT2D eigenvalue weighted by Crippen LogP contribution is 2.36. The van der Waals surface area contributed by atoms with E-state index in [1.807, 2.05) is 28.3 Å². The average molecular weight is 609 g/mol. The number of imidazole rings is 1. The number of nitrogens with two attached hydrogens (primary N) is 1. The van der Waals surface area contributed by atoms with Crippen molar-refractivity contribution in [1.82, 2.24) is 34.7 Å². The molecule has 0 aliphatic carbocycles. The molecule has 43 heavy (non-hydrogen) atoms. The summed E-state index contributed by atoms with van der Waals surface area (Å²) < 4.78 is 81.4. The third-order valence-corrected chi connectivity index (χ3v) is 7.42. The fraction of sp³-hybridized carbons (Fsp3) is 0.407. The van der Waals surface area contributed by atoms with Crippen LogP contribution in [0.5, 0.6) is 0 Å². The summed E-state index contributed by atoms with van der Waals surface area (Å²) in [5, 5.41) is 3.08. The normalized spacial score (nSPS) is 17.4. The van der Waals surface area contributed by atoms with Gasteiger partial charge in [-0.3, -0.25) is 15.3 Å². The van der Waals surface area contributed by atoms with Crippen molar-refractivity contribution in [1.29, 1.82) is 0 Å². The van der Waals surface area contributed by atoms with Crippen molar-refractivity contribution in [2.45, 2.75) is 37.9 Å². The molecule has 1 aliphatic rings. The third kappa shape index (κ3) is 6.35. The predicted octanol–water partition coefficient (Wildman–Crippen LogP) is 4.06. The van der Waals surface area contributed by atoms with Crippen molar-refractivity contribution in [2.24, 2.45) is 5.84 Å². The molecule has 0 spiro atoms. The summed E-state index contributed by atoms with van der Waals surface area (Å²) in [4.78, 5) is 21.8. The molecule has 2 atom stereocenters. The first-order chi connectivity index (χ1) is 20.4. The molecule has 0 saturated carbocycles. The molecule has 1 aromatic carbocycles. The molecule has 2 unspecified atom stereocenters. The number of nitrogens with one attached hydrogen (secondary N) is 2. The van der Waals surface area contributed by atoms with E-state index in [1.165, 1.54) is 18.2 Å². The summed E-state index contributed by atoms with van der Waals surface area (Å²) in [6.07, 6.45) is -6.68. The van der Waals surface area contributed by atoms with Gasteiger partial charge >= 0.3 is 12.4 Å². The Kier molecular flexibility index (Phi) is 8.45. The number of alkyl halides is 6. The van der Waals surface area contributed by atoms with Crippen LogP contribution in [0.2, 0.25) is 0 Å². The van der Waals surface area contributed by atoms with Crippen LogP contribution in [0.4, 0.5) is 38.1 Å². The summed E-state index contributed by atoms with van der Waals surface area (Å²) in [5.41, 5.74) is 2.71. The predicted molar refractivity (Wildman–Crippen MR) is 148 cm³/mol. The lowest BCUT2D eigenvalue weighted by molar-refractivity contribution is -0.138. The van der Waals surface area contributed by atoms with Crippen molar-refractivity contribution < 1.29 is 26.3 Å². The first-order valence-corrected chi connectivity index (χ1v) is 13.5. The highest BCUT2D eigenvalue weighted by molar-refractivity contribution is 5.85. The van der Waals surface area contributed by atoms with E-state index >= 15 is 0 Å². The minimum atomic E-state index is -4.57. The van der Waals surface area contributed by atoms with Gasteiger partial charge in [0.2, 0.25) is 5.95 Å². The molecule has 4 heterocycles. The number of nitrogens with zero attached hydrogens (tertiary/aromatic N) is 7. The number of fused-ring (bicyclic) bond motifs is 1. The Morgan fingerprint density at radius 3 is 2.23 bits per heavy atom. The van der Waals surface area contributed by atoms with Crippen molar-refractivity contribution in [3.05, 3.63) is 71.3 Å². The summed E-state index contributed by atoms with van der Waals surface area (Å²) in [5.74, 6) is 6.44. The molecule has 10 nitrogen and oxygen atoms in total. The van der Waals surface area contributed by atoms with Crippen LogP contribution < -0.4 is 21.5 Å². The average Bonchev–Trinajstić information content (AvgIpc) is 3.38. The fourth-order valence-corrected chi connectivity index (χ4v) is 5.28. The van der Waals surface area contributed by atoms with Gasteiger partial charge in [-0.05, 0) is 43.8 Å². The minimum absolute atomic E-state index is 0.189. The van der Waals surface area contributed by atoms with Crippen LogP contribution in [0.15, 0.2) is 48.9 Å². The van der Waals surface area contributed by atoms with Crippen LogP contribution in [0.25, 0.3) is 11.2 Å². The number of halogens is 6. The molecule has 1 fully saturated rings. The first-order valence-electron chi connectivity index (χ1n) is 13.5. The number of piperazine rings is 1. The number of likely N-dealkylation sites (N-methyl/N-ethyl adjacent to an activating group) is 1. The Balaban J connectivity index is 1.47. The molecule has 1 aliphatic heterocycles. The van der Waals surface area contributed by atoms with E-state index in [1.54, 1.807) is 6.33 Å². The summed E-state index contributed by atoms with van der Waals surface area (Å²) in [6, 6.07) is 5.94. The number of benzene rings is 1. The molecule has 0 bridgehead atoms. The lowest BCUT2D eigenvalue weighted by Gasteiger charge is -2.43. The number of hydrogen-bond acceptors (Lipinski definition) is 9. The Labute approximate surface area is 242 Å². The van der Waals surface area contributed by atoms with Gasteiger partial charge in [0.1, 0.15) is 0 Å². The van der Waals surface area contributed by atoms with Gasteiger partial charge in [0.25, 0.3) is 0 Å². The quantitative estimate of drug-likeness (QED) is 0.155. The topological polar surface area (TPSA) is 113 Å². The van der Waals surface area contributed by atoms with Gasteiger partial charge in [0.05, 0.1) is 29.2 Å². The number of aromatic nitrogens is 5. The van der Waals surface area contributed by atoms with Gasteiger partial charge in [0.15, 0.2) is 17.0 Å². The van der Waals surface area contributed by atoms with E-state index in [2.05, 4.69) is 30.7 Å². The summed E-state index contributed by atoms with van der Waals surface area (Å²) in [7, 11) is 1.84. The van der Waals surface area contributed by atoms with E-state index in [9.17, 15) is 26.3 Å². The van der Waals surface area contributed by atoms with Crippen LogP contribution in [-0.2, 0) is 18.9 Å². The largest absolute Gasteiger partial charge is 0.417 e. The number of anilines is 2. The van der Waals surface area contributed by atoms with Gasteiger partial charge < -0.3 is 14.8 Å². The molecule has 1 saturated heterocycles. The minimum Gasteiger partial charge on any atom is -0.349 e. The summed E-state index contributed by atoms with van der Waals surface area (Å²) >= 11 is 0. The third-order valence-electron chi connectivity index (χ3n) is 7.42. The van der Waals surface area contributed by atoms with Crippen LogP contribution in [0, 0.1) is 0 Å². The number of pyridine rings is 1. The maximum atomic E-state index is 13.3. The highest BCUT2D eigenvalue weighted by atomic mass is 19.4. The molecule has 3 aromatic heterocycles. The van der Waals surface area contributed by atoms with Crippen molar-refractivity contribution >= 4 is 22.9 Å². The van der Waals surface area contributed by atoms with E-state index in [-0.39, 0.29) is 17.7 Å². The van der Waals surface area contributed by atoms with Crippen molar-refractivity contribution in [3.63, 3.8) is 0 Å². The van der Waals surface area contributed by atoms with Gasteiger partial charge in [-0.1, -0.05) is 12.1 Å². The lowest BCUT2D eigenvalue weighted by Crippen LogP contribution is -2.53. The van der Waals surface area contributed by atoms with Crippen LogP contribution >= 0.6 is 0 Å². The van der Waals surface area contributed by atoms with Crippen LogP contribution in [0.1, 0.15) is 35.3 Å². The van der Waals surface area contributed by atoms with Crippen molar-refractivity contribution in [3.8, 4) is 0 Å². The van der Waals surface area contributed by atoms with Crippen molar-refractivity contribution in [2.75, 3.05) is 43.6 Å². The van der Waals surface area contributed by atoms with Gasteiger partial charge in [0, 0.05) is 45.0 Å². The Morgan fingerprint density at radius 2 is 1.65 bits per heavy atom. The Hall–Kier alpha value is -4.02. The highest BCUT2D eigenvalue weighted by Gasteiger charge is 2.36. The standard InChI is InChI=1S/C27H30F6N10/c1-16-14-41(11-12-43(16)24-21-23(38-25(39-24)40-34)42(15-37-21)10-9-35-2)22(17-3-5-18(6-4-17)26(28,29)30)20-8-7-19(13-36-20)27(31,32)33/h3-8,13,15-16,22,35H,9-12,14,34H2,1-2H3,(H,38,39,40). The second-order valence-electron chi connectivity index (χ2n) is 10.3. The first kappa shape index (κ1) is 30.4. The molecule has 0 amide bonds. The van der Waals surface area contributed by atoms with Gasteiger partial charge in [-0.25, -0.2) is 10.8 Å². The van der Waals surface area contributed by atoms with E-state index in [4.69, 9.17) is 5.84 Å².